The molecule has 0 saturated carbocycles. The summed E-state index contributed by atoms with van der Waals surface area (Å²) in [4.78, 5) is 17.3. The molecule has 0 spiro atoms. The van der Waals surface area contributed by atoms with E-state index in [2.05, 4.69) is 33.8 Å². The van der Waals surface area contributed by atoms with Gasteiger partial charge >= 0.3 is 0 Å². The number of hydrogen-bond donors (Lipinski definition) is 1. The number of carbonyl (C=O) groups excluding carboxylic acids is 1. The number of nitrogens with zero attached hydrogens (tertiary/aromatic N) is 2. The molecule has 2 rings (SSSR count). The second kappa shape index (κ2) is 9.35. The van der Waals surface area contributed by atoms with Gasteiger partial charge in [-0.15, -0.1) is 11.3 Å². The highest BCUT2D eigenvalue weighted by Crippen LogP contribution is 2.12. The molecule has 120 valence electrons. The van der Waals surface area contributed by atoms with Crippen LogP contribution < -0.4 is 5.32 Å². The topological polar surface area (TPSA) is 68.0 Å². The third kappa shape index (κ3) is 5.97. The van der Waals surface area contributed by atoms with Crippen LogP contribution in [0, 0.1) is 0 Å². The van der Waals surface area contributed by atoms with Gasteiger partial charge in [0.05, 0.1) is 6.42 Å². The first-order valence-electron chi connectivity index (χ1n) is 7.88. The maximum atomic E-state index is 11.8. The van der Waals surface area contributed by atoms with Gasteiger partial charge in [0.25, 0.3) is 0 Å². The van der Waals surface area contributed by atoms with Crippen molar-refractivity contribution in [1.29, 1.82) is 0 Å². The van der Waals surface area contributed by atoms with E-state index in [0.29, 0.717) is 18.1 Å². The Kier molecular flexibility index (Phi) is 7.09. The van der Waals surface area contributed by atoms with Gasteiger partial charge in [0.2, 0.25) is 11.8 Å². The van der Waals surface area contributed by atoms with E-state index in [1.807, 2.05) is 6.07 Å². The van der Waals surface area contributed by atoms with Crippen molar-refractivity contribution in [2.24, 2.45) is 0 Å². The zero-order valence-electron chi connectivity index (χ0n) is 13.0. The van der Waals surface area contributed by atoms with E-state index in [1.165, 1.54) is 17.7 Å². The van der Waals surface area contributed by atoms with E-state index in [4.69, 9.17) is 4.52 Å². The molecule has 5 nitrogen and oxygen atoms in total. The number of rotatable bonds is 10. The summed E-state index contributed by atoms with van der Waals surface area (Å²) in [6, 6.07) is 4.12. The Labute approximate surface area is 135 Å². The van der Waals surface area contributed by atoms with Crippen molar-refractivity contribution >= 4 is 17.2 Å². The number of unbranched alkanes of at least 4 members (excludes halogenated alkanes) is 3. The standard InChI is InChI=1S/C16H23N3O2S/c1-2-3-4-5-10-17-15(20)12-14-18-16(21-19-14)9-8-13-7-6-11-22-13/h6-7,11H,2-5,8-10,12H2,1H3,(H,17,20). The van der Waals surface area contributed by atoms with Gasteiger partial charge in [0.15, 0.2) is 5.82 Å². The number of thiophene rings is 1. The van der Waals surface area contributed by atoms with E-state index >= 15 is 0 Å². The minimum Gasteiger partial charge on any atom is -0.356 e. The van der Waals surface area contributed by atoms with Gasteiger partial charge in [-0.2, -0.15) is 4.98 Å². The minimum absolute atomic E-state index is 0.0397. The van der Waals surface area contributed by atoms with Crippen molar-refractivity contribution in [2.45, 2.75) is 51.9 Å². The van der Waals surface area contributed by atoms with Crippen molar-refractivity contribution in [3.8, 4) is 0 Å². The molecule has 2 heterocycles. The van der Waals surface area contributed by atoms with E-state index in [-0.39, 0.29) is 12.3 Å². The van der Waals surface area contributed by atoms with E-state index in [1.54, 1.807) is 11.3 Å². The van der Waals surface area contributed by atoms with Crippen LogP contribution in [0.1, 0.15) is 49.2 Å². The minimum atomic E-state index is -0.0397. The Morgan fingerprint density at radius 2 is 2.23 bits per heavy atom. The first-order chi connectivity index (χ1) is 10.8. The summed E-state index contributed by atoms with van der Waals surface area (Å²) < 4.78 is 5.18. The largest absolute Gasteiger partial charge is 0.356 e. The SMILES string of the molecule is CCCCCCNC(=O)Cc1noc(CCc2cccs2)n1. The third-order valence-corrected chi connectivity index (χ3v) is 4.28. The van der Waals surface area contributed by atoms with Crippen LogP contribution in [-0.4, -0.2) is 22.6 Å². The Bertz CT molecular complexity index is 552. The Hall–Kier alpha value is -1.69. The molecule has 1 N–H and O–H groups in total. The van der Waals surface area contributed by atoms with Crippen LogP contribution in [0.25, 0.3) is 0 Å². The number of nitrogens with one attached hydrogen (secondary N) is 1. The average Bonchev–Trinajstić information content (AvgIpc) is 3.16. The van der Waals surface area contributed by atoms with E-state index in [9.17, 15) is 4.79 Å². The lowest BCUT2D eigenvalue weighted by Crippen LogP contribution is -2.26. The summed E-state index contributed by atoms with van der Waals surface area (Å²) >= 11 is 1.72. The van der Waals surface area contributed by atoms with Crippen molar-refractivity contribution in [2.75, 3.05) is 6.54 Å². The van der Waals surface area contributed by atoms with Crippen LogP contribution in [0.4, 0.5) is 0 Å². The van der Waals surface area contributed by atoms with Gasteiger partial charge in [-0.25, -0.2) is 0 Å². The summed E-state index contributed by atoms with van der Waals surface area (Å²) in [5.74, 6) is 1.02. The normalized spacial score (nSPS) is 10.8. The van der Waals surface area contributed by atoms with Crippen LogP contribution in [-0.2, 0) is 24.1 Å². The monoisotopic (exact) mass is 321 g/mol. The van der Waals surface area contributed by atoms with Gasteiger partial charge in [0, 0.05) is 17.8 Å². The summed E-state index contributed by atoms with van der Waals surface area (Å²) in [5.41, 5.74) is 0. The van der Waals surface area contributed by atoms with Gasteiger partial charge in [-0.1, -0.05) is 37.4 Å². The van der Waals surface area contributed by atoms with Gasteiger partial charge in [0.1, 0.15) is 0 Å². The molecule has 0 saturated heterocycles. The highest BCUT2D eigenvalue weighted by Gasteiger charge is 2.11. The average molecular weight is 321 g/mol. The van der Waals surface area contributed by atoms with Gasteiger partial charge in [-0.05, 0) is 24.3 Å². The highest BCUT2D eigenvalue weighted by molar-refractivity contribution is 7.09. The lowest BCUT2D eigenvalue weighted by molar-refractivity contribution is -0.120. The fourth-order valence-electron chi connectivity index (χ4n) is 2.13. The molecule has 6 heteroatoms. The molecular weight excluding hydrogens is 298 g/mol. The van der Waals surface area contributed by atoms with Crippen molar-refractivity contribution < 1.29 is 9.32 Å². The van der Waals surface area contributed by atoms with Crippen LogP contribution >= 0.6 is 11.3 Å². The molecule has 0 atom stereocenters. The first-order valence-corrected chi connectivity index (χ1v) is 8.76. The zero-order valence-corrected chi connectivity index (χ0v) is 13.8. The molecule has 0 bridgehead atoms. The zero-order chi connectivity index (χ0) is 15.6. The van der Waals surface area contributed by atoms with E-state index < -0.39 is 0 Å². The fourth-order valence-corrected chi connectivity index (χ4v) is 2.84. The maximum Gasteiger partial charge on any atom is 0.227 e. The Morgan fingerprint density at radius 1 is 1.32 bits per heavy atom. The highest BCUT2D eigenvalue weighted by atomic mass is 32.1. The number of aryl methyl sites for hydroxylation is 2. The fraction of sp³-hybridized carbons (Fsp3) is 0.562. The second-order valence-corrected chi connectivity index (χ2v) is 6.30. The third-order valence-electron chi connectivity index (χ3n) is 3.35. The molecule has 0 aromatic carbocycles. The molecule has 2 aromatic heterocycles. The van der Waals surface area contributed by atoms with Crippen LogP contribution in [0.15, 0.2) is 22.0 Å². The molecular formula is C16H23N3O2S. The molecule has 0 unspecified atom stereocenters. The maximum absolute atomic E-state index is 11.8. The number of hydrogen-bond acceptors (Lipinski definition) is 5. The van der Waals surface area contributed by atoms with Crippen LogP contribution in [0.3, 0.4) is 0 Å². The quantitative estimate of drug-likeness (QED) is 0.683. The molecule has 0 aliphatic rings. The summed E-state index contributed by atoms with van der Waals surface area (Å²) in [5, 5.41) is 8.82. The molecule has 2 aromatic rings. The molecule has 0 radical (unpaired) electrons. The van der Waals surface area contributed by atoms with Crippen molar-refractivity contribution in [3.63, 3.8) is 0 Å². The van der Waals surface area contributed by atoms with Crippen LogP contribution in [0.5, 0.6) is 0 Å². The van der Waals surface area contributed by atoms with Gasteiger partial charge in [-0.3, -0.25) is 4.79 Å². The molecule has 0 aliphatic heterocycles. The number of aromatic nitrogens is 2. The van der Waals surface area contributed by atoms with Gasteiger partial charge < -0.3 is 9.84 Å². The Morgan fingerprint density at radius 3 is 3.00 bits per heavy atom. The van der Waals surface area contributed by atoms with Crippen LogP contribution in [0.2, 0.25) is 0 Å². The number of amides is 1. The molecule has 0 aliphatic carbocycles. The summed E-state index contributed by atoms with van der Waals surface area (Å²) in [6.07, 6.45) is 6.40. The lowest BCUT2D eigenvalue weighted by Gasteiger charge is -2.02. The molecule has 1 amide bonds. The van der Waals surface area contributed by atoms with Crippen molar-refractivity contribution in [3.05, 3.63) is 34.1 Å². The predicted octanol–water partition coefficient (Wildman–Crippen LogP) is 3.16. The summed E-state index contributed by atoms with van der Waals surface area (Å²) in [7, 11) is 0. The first kappa shape index (κ1) is 16.7. The molecule has 22 heavy (non-hydrogen) atoms. The van der Waals surface area contributed by atoms with E-state index in [0.717, 1.165) is 25.8 Å². The predicted molar refractivity (Wildman–Crippen MR) is 86.9 cm³/mol. The summed E-state index contributed by atoms with van der Waals surface area (Å²) in [6.45, 7) is 2.90. The second-order valence-electron chi connectivity index (χ2n) is 5.27. The number of carbonyl (C=O) groups is 1. The molecule has 0 fully saturated rings. The Balaban J connectivity index is 1.66. The smallest absolute Gasteiger partial charge is 0.227 e. The van der Waals surface area contributed by atoms with Crippen molar-refractivity contribution in [1.82, 2.24) is 15.5 Å². The lowest BCUT2D eigenvalue weighted by atomic mass is 10.2.